The number of ketones is 1. The van der Waals surface area contributed by atoms with Crippen molar-refractivity contribution >= 4 is 17.7 Å². The largest absolute Gasteiger partial charge is 0.480 e. The van der Waals surface area contributed by atoms with Crippen LogP contribution in [0.25, 0.3) is 0 Å². The summed E-state index contributed by atoms with van der Waals surface area (Å²) in [7, 11) is 0. The summed E-state index contributed by atoms with van der Waals surface area (Å²) in [6, 6.07) is 7.45. The van der Waals surface area contributed by atoms with Gasteiger partial charge in [0, 0.05) is 5.56 Å². The molecule has 1 atom stereocenters. The summed E-state index contributed by atoms with van der Waals surface area (Å²) >= 11 is 0. The lowest BCUT2D eigenvalue weighted by Crippen LogP contribution is -2.41. The molecule has 0 spiro atoms. The van der Waals surface area contributed by atoms with Crippen LogP contribution in [0, 0.1) is 0 Å². The number of rotatable bonds is 8. The molecule has 0 fully saturated rings. The molecule has 0 unspecified atom stereocenters. The van der Waals surface area contributed by atoms with Crippen molar-refractivity contribution in [2.45, 2.75) is 32.2 Å². The predicted molar refractivity (Wildman–Crippen MR) is 86.9 cm³/mol. The maximum absolute atomic E-state index is 12.4. The number of hydrogen-bond donors (Lipinski definition) is 3. The van der Waals surface area contributed by atoms with Gasteiger partial charge in [-0.3, -0.25) is 9.59 Å². The van der Waals surface area contributed by atoms with Crippen molar-refractivity contribution in [1.82, 2.24) is 15.3 Å². The molecule has 24 heavy (non-hydrogen) atoms. The van der Waals surface area contributed by atoms with Crippen LogP contribution in [-0.4, -0.2) is 38.8 Å². The lowest BCUT2D eigenvalue weighted by molar-refractivity contribution is -0.139. The van der Waals surface area contributed by atoms with Crippen LogP contribution in [0.2, 0.25) is 0 Å². The monoisotopic (exact) mass is 329 g/mol. The highest BCUT2D eigenvalue weighted by Gasteiger charge is 2.25. The van der Waals surface area contributed by atoms with Crippen molar-refractivity contribution in [2.75, 3.05) is 0 Å². The number of imidazole rings is 1. The van der Waals surface area contributed by atoms with Gasteiger partial charge in [0.25, 0.3) is 5.91 Å². The Labute approximate surface area is 139 Å². The van der Waals surface area contributed by atoms with Crippen molar-refractivity contribution in [1.29, 1.82) is 0 Å². The van der Waals surface area contributed by atoms with E-state index >= 15 is 0 Å². The lowest BCUT2D eigenvalue weighted by atomic mass is 10.1. The van der Waals surface area contributed by atoms with Gasteiger partial charge in [-0.2, -0.15) is 0 Å². The van der Waals surface area contributed by atoms with Crippen LogP contribution < -0.4 is 5.32 Å². The number of aromatic nitrogens is 2. The van der Waals surface area contributed by atoms with Gasteiger partial charge in [-0.05, 0) is 6.42 Å². The van der Waals surface area contributed by atoms with Crippen molar-refractivity contribution in [3.63, 3.8) is 0 Å². The number of nitrogens with zero attached hydrogens (tertiary/aromatic N) is 1. The van der Waals surface area contributed by atoms with Crippen LogP contribution >= 0.6 is 0 Å². The number of carbonyl (C=O) groups excluding carboxylic acids is 2. The average molecular weight is 329 g/mol. The Hall–Kier alpha value is -2.96. The van der Waals surface area contributed by atoms with Gasteiger partial charge in [-0.1, -0.05) is 50.1 Å². The molecule has 2 rings (SSSR count). The second-order valence-corrected chi connectivity index (χ2v) is 5.33. The third kappa shape index (κ3) is 4.07. The first-order chi connectivity index (χ1) is 11.5. The maximum Gasteiger partial charge on any atom is 0.326 e. The third-order valence-corrected chi connectivity index (χ3v) is 3.57. The fourth-order valence-corrected chi connectivity index (χ4v) is 2.26. The second kappa shape index (κ2) is 8.05. The van der Waals surface area contributed by atoms with Gasteiger partial charge in [0.05, 0.1) is 6.33 Å². The molecular formula is C17H19N3O4. The summed E-state index contributed by atoms with van der Waals surface area (Å²) in [5.41, 5.74) is 0.337. The topological polar surface area (TPSA) is 112 Å². The van der Waals surface area contributed by atoms with Crippen LogP contribution in [0.15, 0.2) is 36.7 Å². The minimum Gasteiger partial charge on any atom is -0.480 e. The molecule has 1 heterocycles. The smallest absolute Gasteiger partial charge is 0.326 e. The lowest BCUT2D eigenvalue weighted by Gasteiger charge is -2.13. The molecular weight excluding hydrogens is 310 g/mol. The van der Waals surface area contributed by atoms with E-state index in [0.717, 1.165) is 6.42 Å². The van der Waals surface area contributed by atoms with E-state index in [4.69, 9.17) is 0 Å². The normalized spacial score (nSPS) is 11.7. The number of aromatic amines is 1. The number of amides is 1. The zero-order valence-electron chi connectivity index (χ0n) is 13.3. The Morgan fingerprint density at radius 1 is 1.25 bits per heavy atom. The molecule has 1 aromatic heterocycles. The third-order valence-electron chi connectivity index (χ3n) is 3.57. The molecule has 126 valence electrons. The fourth-order valence-electron chi connectivity index (χ4n) is 2.26. The van der Waals surface area contributed by atoms with Gasteiger partial charge in [-0.25, -0.2) is 9.78 Å². The van der Waals surface area contributed by atoms with Gasteiger partial charge < -0.3 is 15.4 Å². The molecule has 1 aromatic carbocycles. The van der Waals surface area contributed by atoms with E-state index in [0.29, 0.717) is 18.4 Å². The summed E-state index contributed by atoms with van der Waals surface area (Å²) in [6.07, 6.45) is 3.07. The molecule has 0 aliphatic heterocycles. The Kier molecular flexibility index (Phi) is 5.83. The minimum atomic E-state index is -1.10. The zero-order valence-corrected chi connectivity index (χ0v) is 13.3. The molecule has 2 aromatic rings. The number of carboxylic acids is 1. The van der Waals surface area contributed by atoms with E-state index in [-0.39, 0.29) is 11.4 Å². The van der Waals surface area contributed by atoms with E-state index in [1.165, 1.54) is 6.33 Å². The molecule has 0 saturated carbocycles. The number of H-pyrrole nitrogens is 1. The van der Waals surface area contributed by atoms with Crippen molar-refractivity contribution in [3.05, 3.63) is 53.6 Å². The molecule has 7 nitrogen and oxygen atoms in total. The Morgan fingerprint density at radius 2 is 1.96 bits per heavy atom. The Balaban J connectivity index is 2.18. The van der Waals surface area contributed by atoms with E-state index in [1.807, 2.05) is 6.92 Å². The highest BCUT2D eigenvalue weighted by Crippen LogP contribution is 2.12. The zero-order chi connectivity index (χ0) is 17.5. The number of unbranched alkanes of at least 4 members (excludes halogenated alkanes) is 1. The van der Waals surface area contributed by atoms with E-state index < -0.39 is 23.7 Å². The predicted octanol–water partition coefficient (Wildman–Crippen LogP) is 2.01. The molecule has 0 aliphatic carbocycles. The fraction of sp³-hybridized carbons (Fsp3) is 0.294. The van der Waals surface area contributed by atoms with E-state index in [1.54, 1.807) is 30.3 Å². The number of nitrogens with one attached hydrogen (secondary N) is 2. The molecule has 1 amide bonds. The standard InChI is InChI=1S/C17H19N3O4/c1-2-3-9-12(17(23)24)20-16(22)14-13(18-10-19-14)15(21)11-7-5-4-6-8-11/h4-8,10,12H,2-3,9H2,1H3,(H,18,19)(H,20,22)(H,23,24)/t12-/m0/s1. The van der Waals surface area contributed by atoms with Gasteiger partial charge in [-0.15, -0.1) is 0 Å². The number of carboxylic acid groups (broad SMARTS) is 1. The summed E-state index contributed by atoms with van der Waals surface area (Å²) in [5, 5.41) is 11.6. The molecule has 0 saturated heterocycles. The van der Waals surface area contributed by atoms with Gasteiger partial charge in [0.15, 0.2) is 0 Å². The molecule has 0 bridgehead atoms. The highest BCUT2D eigenvalue weighted by atomic mass is 16.4. The summed E-state index contributed by atoms with van der Waals surface area (Å²) in [6.45, 7) is 1.94. The number of benzene rings is 1. The van der Waals surface area contributed by atoms with Crippen molar-refractivity contribution in [2.24, 2.45) is 0 Å². The van der Waals surface area contributed by atoms with Crippen molar-refractivity contribution in [3.8, 4) is 0 Å². The van der Waals surface area contributed by atoms with Gasteiger partial charge >= 0.3 is 5.97 Å². The first-order valence-corrected chi connectivity index (χ1v) is 7.71. The van der Waals surface area contributed by atoms with Gasteiger partial charge in [0.2, 0.25) is 5.78 Å². The van der Waals surface area contributed by atoms with Crippen molar-refractivity contribution < 1.29 is 19.5 Å². The number of carbonyl (C=O) groups is 3. The quantitative estimate of drug-likeness (QED) is 0.641. The SMILES string of the molecule is CCCC[C@H](NC(=O)c1[nH]cnc1C(=O)c1ccccc1)C(=O)O. The Morgan fingerprint density at radius 3 is 2.58 bits per heavy atom. The highest BCUT2D eigenvalue weighted by molar-refractivity contribution is 6.13. The summed E-state index contributed by atoms with van der Waals surface area (Å²) in [5.74, 6) is -2.16. The van der Waals surface area contributed by atoms with Crippen LogP contribution in [0.5, 0.6) is 0 Å². The summed E-state index contributed by atoms with van der Waals surface area (Å²) in [4.78, 5) is 42.6. The van der Waals surface area contributed by atoms with Crippen LogP contribution in [0.1, 0.15) is 52.7 Å². The second-order valence-electron chi connectivity index (χ2n) is 5.33. The first kappa shape index (κ1) is 17.4. The first-order valence-electron chi connectivity index (χ1n) is 7.71. The summed E-state index contributed by atoms with van der Waals surface area (Å²) < 4.78 is 0. The number of aliphatic carboxylic acids is 1. The van der Waals surface area contributed by atoms with Gasteiger partial charge in [0.1, 0.15) is 17.4 Å². The van der Waals surface area contributed by atoms with E-state index in [2.05, 4.69) is 15.3 Å². The maximum atomic E-state index is 12.4. The van der Waals surface area contributed by atoms with Crippen LogP contribution in [0.3, 0.4) is 0 Å². The number of hydrogen-bond acceptors (Lipinski definition) is 4. The Bertz CT molecular complexity index is 724. The molecule has 3 N–H and O–H groups in total. The molecule has 0 aliphatic rings. The van der Waals surface area contributed by atoms with E-state index in [9.17, 15) is 19.5 Å². The average Bonchev–Trinajstić information content (AvgIpc) is 3.08. The van der Waals surface area contributed by atoms with Crippen LogP contribution in [-0.2, 0) is 4.79 Å². The molecule has 7 heteroatoms. The van der Waals surface area contributed by atoms with Crippen LogP contribution in [0.4, 0.5) is 0 Å². The molecule has 0 radical (unpaired) electrons. The minimum absolute atomic E-state index is 0.0293.